The maximum atomic E-state index is 11.5. The van der Waals surface area contributed by atoms with Crippen molar-refractivity contribution >= 4 is 11.7 Å². The minimum atomic E-state index is -0.357. The van der Waals surface area contributed by atoms with E-state index in [0.717, 1.165) is 6.42 Å². The number of carbonyl (C=O) groups is 2. The van der Waals surface area contributed by atoms with Crippen LogP contribution in [0.2, 0.25) is 0 Å². The molecule has 0 aromatic carbocycles. The highest BCUT2D eigenvalue weighted by molar-refractivity contribution is 5.89. The molecule has 0 radical (unpaired) electrons. The molecular formula is C12H23NO2. The lowest BCUT2D eigenvalue weighted by Gasteiger charge is -2.15. The number of amides is 1. The molecular weight excluding hydrogens is 190 g/mol. The van der Waals surface area contributed by atoms with E-state index in [2.05, 4.69) is 19.2 Å². The van der Waals surface area contributed by atoms with Crippen molar-refractivity contribution in [2.24, 2.45) is 11.8 Å². The second kappa shape index (κ2) is 6.59. The molecule has 0 saturated carbocycles. The molecule has 0 aliphatic carbocycles. The van der Waals surface area contributed by atoms with Gasteiger partial charge in [-0.1, -0.05) is 27.7 Å². The molecule has 1 N–H and O–H groups in total. The van der Waals surface area contributed by atoms with E-state index in [1.165, 1.54) is 0 Å². The fourth-order valence-electron chi connectivity index (χ4n) is 1.30. The lowest BCUT2D eigenvalue weighted by molar-refractivity contribution is -0.129. The first-order valence-corrected chi connectivity index (χ1v) is 5.67. The van der Waals surface area contributed by atoms with E-state index in [4.69, 9.17) is 0 Å². The maximum Gasteiger partial charge on any atom is 0.220 e. The van der Waals surface area contributed by atoms with Gasteiger partial charge in [0.05, 0.1) is 6.04 Å². The number of nitrogens with one attached hydrogen (secondary N) is 1. The van der Waals surface area contributed by atoms with Gasteiger partial charge in [0, 0.05) is 12.3 Å². The van der Waals surface area contributed by atoms with Crippen molar-refractivity contribution in [3.05, 3.63) is 0 Å². The van der Waals surface area contributed by atoms with Gasteiger partial charge in [0.25, 0.3) is 0 Å². The van der Waals surface area contributed by atoms with E-state index in [9.17, 15) is 9.59 Å². The van der Waals surface area contributed by atoms with Gasteiger partial charge in [-0.3, -0.25) is 9.59 Å². The Bertz CT molecular complexity index is 222. The Morgan fingerprint density at radius 2 is 1.60 bits per heavy atom. The Morgan fingerprint density at radius 3 is 2.00 bits per heavy atom. The summed E-state index contributed by atoms with van der Waals surface area (Å²) in [7, 11) is 0. The van der Waals surface area contributed by atoms with Crippen molar-refractivity contribution in [3.63, 3.8) is 0 Å². The summed E-state index contributed by atoms with van der Waals surface area (Å²) < 4.78 is 0. The monoisotopic (exact) mass is 213 g/mol. The van der Waals surface area contributed by atoms with Crippen LogP contribution >= 0.6 is 0 Å². The van der Waals surface area contributed by atoms with Gasteiger partial charge in [0.1, 0.15) is 0 Å². The summed E-state index contributed by atoms with van der Waals surface area (Å²) in [6.45, 7) is 9.60. The molecule has 0 aliphatic heterocycles. The predicted molar refractivity (Wildman–Crippen MR) is 61.5 cm³/mol. The molecule has 88 valence electrons. The molecule has 1 amide bonds. The van der Waals surface area contributed by atoms with Gasteiger partial charge in [0.2, 0.25) is 5.91 Å². The Balaban J connectivity index is 3.91. The summed E-state index contributed by atoms with van der Waals surface area (Å²) in [5.74, 6) is 0.565. The molecule has 0 rings (SSSR count). The van der Waals surface area contributed by atoms with Crippen LogP contribution < -0.4 is 5.32 Å². The first-order valence-electron chi connectivity index (χ1n) is 5.67. The van der Waals surface area contributed by atoms with Crippen LogP contribution in [0.3, 0.4) is 0 Å². The summed E-state index contributed by atoms with van der Waals surface area (Å²) in [4.78, 5) is 22.9. The number of Topliss-reactive ketones (excluding diaryl/α,β-unsaturated/α-hetero) is 1. The molecule has 0 bridgehead atoms. The van der Waals surface area contributed by atoms with E-state index < -0.39 is 0 Å². The summed E-state index contributed by atoms with van der Waals surface area (Å²) in [5, 5.41) is 2.73. The van der Waals surface area contributed by atoms with Crippen molar-refractivity contribution in [2.45, 2.75) is 53.5 Å². The quantitative estimate of drug-likeness (QED) is 0.735. The van der Waals surface area contributed by atoms with Crippen molar-refractivity contribution in [1.29, 1.82) is 0 Å². The summed E-state index contributed by atoms with van der Waals surface area (Å²) in [6, 6.07) is -0.357. The van der Waals surface area contributed by atoms with Crippen LogP contribution in [0.4, 0.5) is 0 Å². The molecule has 3 nitrogen and oxygen atoms in total. The standard InChI is InChI=1S/C12H23NO2/c1-8(2)6-7-11(14)13-10(5)12(15)9(3)4/h8-10H,6-7H2,1-5H3,(H,13,14)/t10-/m1/s1. The third-order valence-corrected chi connectivity index (χ3v) is 2.32. The normalized spacial score (nSPS) is 13.0. The van der Waals surface area contributed by atoms with Crippen LogP contribution in [0.25, 0.3) is 0 Å². The van der Waals surface area contributed by atoms with Crippen molar-refractivity contribution in [2.75, 3.05) is 0 Å². The smallest absolute Gasteiger partial charge is 0.220 e. The first kappa shape index (κ1) is 14.1. The number of ketones is 1. The van der Waals surface area contributed by atoms with Crippen LogP contribution in [0.15, 0.2) is 0 Å². The van der Waals surface area contributed by atoms with Crippen LogP contribution in [0, 0.1) is 11.8 Å². The molecule has 0 fully saturated rings. The van der Waals surface area contributed by atoms with E-state index >= 15 is 0 Å². The Hall–Kier alpha value is -0.860. The van der Waals surface area contributed by atoms with Crippen LogP contribution in [0.1, 0.15) is 47.5 Å². The molecule has 0 spiro atoms. The van der Waals surface area contributed by atoms with Gasteiger partial charge in [-0.15, -0.1) is 0 Å². The minimum Gasteiger partial charge on any atom is -0.347 e. The van der Waals surface area contributed by atoms with Crippen molar-refractivity contribution in [1.82, 2.24) is 5.32 Å². The molecule has 15 heavy (non-hydrogen) atoms. The van der Waals surface area contributed by atoms with Gasteiger partial charge in [-0.2, -0.15) is 0 Å². The largest absolute Gasteiger partial charge is 0.347 e. The topological polar surface area (TPSA) is 46.2 Å². The minimum absolute atomic E-state index is 0.0228. The van der Waals surface area contributed by atoms with Gasteiger partial charge in [-0.25, -0.2) is 0 Å². The SMILES string of the molecule is CC(C)CCC(=O)N[C@H](C)C(=O)C(C)C. The number of rotatable bonds is 6. The average Bonchev–Trinajstić information content (AvgIpc) is 2.13. The fraction of sp³-hybridized carbons (Fsp3) is 0.833. The summed E-state index contributed by atoms with van der Waals surface area (Å²) in [6.07, 6.45) is 1.38. The van der Waals surface area contributed by atoms with E-state index in [-0.39, 0.29) is 23.7 Å². The highest BCUT2D eigenvalue weighted by Crippen LogP contribution is 2.04. The molecule has 0 aromatic heterocycles. The third-order valence-electron chi connectivity index (χ3n) is 2.32. The molecule has 0 unspecified atom stereocenters. The van der Waals surface area contributed by atoms with Crippen LogP contribution in [-0.2, 0) is 9.59 Å². The highest BCUT2D eigenvalue weighted by atomic mass is 16.2. The number of hydrogen-bond acceptors (Lipinski definition) is 2. The van der Waals surface area contributed by atoms with Crippen LogP contribution in [-0.4, -0.2) is 17.7 Å². The molecule has 0 aromatic rings. The van der Waals surface area contributed by atoms with E-state index in [1.807, 2.05) is 13.8 Å². The zero-order chi connectivity index (χ0) is 12.0. The Labute approximate surface area is 92.6 Å². The predicted octanol–water partition coefficient (Wildman–Crippen LogP) is 2.15. The number of hydrogen-bond donors (Lipinski definition) is 1. The second-order valence-electron chi connectivity index (χ2n) is 4.78. The Morgan fingerprint density at radius 1 is 1.07 bits per heavy atom. The molecule has 0 saturated heterocycles. The molecule has 0 aliphatic rings. The Kier molecular flexibility index (Phi) is 6.21. The fourth-order valence-corrected chi connectivity index (χ4v) is 1.30. The zero-order valence-corrected chi connectivity index (χ0v) is 10.5. The van der Waals surface area contributed by atoms with E-state index in [1.54, 1.807) is 6.92 Å². The average molecular weight is 213 g/mol. The first-order chi connectivity index (χ1) is 6.84. The lowest BCUT2D eigenvalue weighted by atomic mass is 10.0. The van der Waals surface area contributed by atoms with E-state index in [0.29, 0.717) is 12.3 Å². The molecule has 0 heterocycles. The zero-order valence-electron chi connectivity index (χ0n) is 10.5. The lowest BCUT2D eigenvalue weighted by Crippen LogP contribution is -2.40. The van der Waals surface area contributed by atoms with Gasteiger partial charge >= 0.3 is 0 Å². The summed E-state index contributed by atoms with van der Waals surface area (Å²) in [5.41, 5.74) is 0. The van der Waals surface area contributed by atoms with Gasteiger partial charge < -0.3 is 5.32 Å². The van der Waals surface area contributed by atoms with Gasteiger partial charge in [0.15, 0.2) is 5.78 Å². The highest BCUT2D eigenvalue weighted by Gasteiger charge is 2.18. The number of carbonyl (C=O) groups excluding carboxylic acids is 2. The summed E-state index contributed by atoms with van der Waals surface area (Å²) >= 11 is 0. The van der Waals surface area contributed by atoms with Crippen molar-refractivity contribution < 1.29 is 9.59 Å². The van der Waals surface area contributed by atoms with Gasteiger partial charge in [-0.05, 0) is 19.3 Å². The third kappa shape index (κ3) is 6.26. The second-order valence-corrected chi connectivity index (χ2v) is 4.78. The molecule has 3 heteroatoms. The molecule has 1 atom stereocenters. The van der Waals surface area contributed by atoms with Crippen molar-refractivity contribution in [3.8, 4) is 0 Å². The van der Waals surface area contributed by atoms with Crippen LogP contribution in [0.5, 0.6) is 0 Å². The maximum absolute atomic E-state index is 11.5.